The lowest BCUT2D eigenvalue weighted by molar-refractivity contribution is -0.127. The Bertz CT molecular complexity index is 1990. The van der Waals surface area contributed by atoms with Crippen molar-refractivity contribution in [3.63, 3.8) is 0 Å². The van der Waals surface area contributed by atoms with Gasteiger partial charge < -0.3 is 55.8 Å². The second kappa shape index (κ2) is 20.0. The molecule has 1 aromatic heterocycles. The maximum Gasteiger partial charge on any atom is 0.490 e. The molecule has 2 heterocycles. The van der Waals surface area contributed by atoms with Crippen LogP contribution in [-0.4, -0.2) is 96.0 Å². The van der Waals surface area contributed by atoms with Crippen molar-refractivity contribution in [2.24, 2.45) is 5.73 Å². The molecule has 1 saturated heterocycles. The summed E-state index contributed by atoms with van der Waals surface area (Å²) in [5.41, 5.74) is 3.84. The Morgan fingerprint density at radius 3 is 2.38 bits per heavy atom. The van der Waals surface area contributed by atoms with E-state index < -0.39 is 96.2 Å². The highest BCUT2D eigenvalue weighted by Crippen LogP contribution is 2.66. The van der Waals surface area contributed by atoms with E-state index in [-0.39, 0.29) is 38.0 Å². The molecule has 4 amide bonds. The number of nitrogens with one attached hydrogen (secondary N) is 4. The zero-order valence-electron chi connectivity index (χ0n) is 28.2. The van der Waals surface area contributed by atoms with Gasteiger partial charge in [0, 0.05) is 25.6 Å². The van der Waals surface area contributed by atoms with Gasteiger partial charge in [0.1, 0.15) is 25.0 Å². The van der Waals surface area contributed by atoms with Crippen molar-refractivity contribution in [3.8, 4) is 0 Å². The second-order valence-corrected chi connectivity index (χ2v) is 15.7. The molecule has 6 atom stereocenters. The van der Waals surface area contributed by atoms with Crippen LogP contribution in [-0.2, 0) is 57.3 Å². The summed E-state index contributed by atoms with van der Waals surface area (Å²) in [6.07, 6.45) is -2.44. The number of amides is 4. The molecule has 25 nitrogen and oxygen atoms in total. The summed E-state index contributed by atoms with van der Waals surface area (Å²) in [6, 6.07) is 7.40. The second-order valence-electron chi connectivity index (χ2n) is 11.3. The molecular weight excluding hydrogens is 805 g/mol. The van der Waals surface area contributed by atoms with Crippen molar-refractivity contribution >= 4 is 53.4 Å². The predicted molar refractivity (Wildman–Crippen MR) is 183 cm³/mol. The fourth-order valence-corrected chi connectivity index (χ4v) is 7.54. The van der Waals surface area contributed by atoms with Crippen LogP contribution in [0.1, 0.15) is 36.6 Å². The molecule has 1 fully saturated rings. The molecule has 0 saturated carbocycles. The van der Waals surface area contributed by atoms with Gasteiger partial charge in [0.2, 0.25) is 17.7 Å². The molecule has 28 heteroatoms. The fourth-order valence-electron chi connectivity index (χ4n) is 4.51. The molecule has 11 N–H and O–H groups in total. The number of phosphoric acid groups is 3. The normalized spacial score (nSPS) is 19.8. The summed E-state index contributed by atoms with van der Waals surface area (Å²) in [4.78, 5) is 112. The number of nitrogens with two attached hydrogens (primary N) is 1. The number of phosphoric ester groups is 1. The minimum absolute atomic E-state index is 0.0928. The maximum atomic E-state index is 12.7. The van der Waals surface area contributed by atoms with Gasteiger partial charge in [-0.1, -0.05) is 42.5 Å². The van der Waals surface area contributed by atoms with Gasteiger partial charge in [0.15, 0.2) is 0 Å². The zero-order valence-corrected chi connectivity index (χ0v) is 30.9. The molecular formula is C27H37N6O19P3. The average Bonchev–Trinajstić information content (AvgIpc) is 3.44. The lowest BCUT2D eigenvalue weighted by Gasteiger charge is -2.19. The van der Waals surface area contributed by atoms with Gasteiger partial charge in [-0.25, -0.2) is 23.3 Å². The topological polar surface area (TPSA) is 384 Å². The Morgan fingerprint density at radius 1 is 1.04 bits per heavy atom. The van der Waals surface area contributed by atoms with Gasteiger partial charge in [-0.2, -0.15) is 8.62 Å². The number of hydrogen-bond acceptors (Lipinski definition) is 15. The molecule has 1 aromatic carbocycles. The van der Waals surface area contributed by atoms with Gasteiger partial charge in [-0.05, 0) is 12.0 Å². The van der Waals surface area contributed by atoms with Gasteiger partial charge in [-0.15, -0.1) is 0 Å². The number of aliphatic hydroxyl groups excluding tert-OH is 1. The number of carbonyl (C=O) groups excluding carboxylic acids is 4. The van der Waals surface area contributed by atoms with Gasteiger partial charge in [-0.3, -0.25) is 33.3 Å². The zero-order chi connectivity index (χ0) is 41.0. The third-order valence-electron chi connectivity index (χ3n) is 6.97. The highest BCUT2D eigenvalue weighted by molar-refractivity contribution is 7.66. The van der Waals surface area contributed by atoms with Crippen LogP contribution in [0.25, 0.3) is 6.08 Å². The standard InChI is InChI=1S/C27H37N6O19P3/c28-21(35)9-8-18(31-27(40)48-14-16-5-2-1-3-6-16)25(38)30-12-22(36)29-10-4-7-17-13-33(26(39)32-24(17)37)23-11-19(34)20(50-23)15-49-54(44,45)52-55(46,47)51-53(41,42)43/h1-7,13,18-20,23,34H,8-12,14-15H2,(H2,28,35)(H,29,36)(H,30,38)(H,31,40)(H,44,45)(H,46,47)(H,32,37,39)(H2,41,42,43)/b7-4+/t18-,19-,20+,23+/m0/s1. The van der Waals surface area contributed by atoms with E-state index in [1.807, 2.05) is 4.98 Å². The number of carbonyl (C=O) groups is 4. The number of primary amides is 1. The van der Waals surface area contributed by atoms with Crippen LogP contribution < -0.4 is 32.9 Å². The number of ether oxygens (including phenoxy) is 2. The summed E-state index contributed by atoms with van der Waals surface area (Å²) in [6.45, 7) is -1.84. The van der Waals surface area contributed by atoms with Crippen molar-refractivity contribution in [2.45, 2.75) is 50.3 Å². The van der Waals surface area contributed by atoms with Crippen LogP contribution in [0.4, 0.5) is 4.79 Å². The van der Waals surface area contributed by atoms with Gasteiger partial charge in [0.25, 0.3) is 5.56 Å². The van der Waals surface area contributed by atoms with Crippen LogP contribution in [0.3, 0.4) is 0 Å². The van der Waals surface area contributed by atoms with E-state index in [0.29, 0.717) is 5.56 Å². The number of aliphatic hydroxyl groups is 1. The summed E-state index contributed by atoms with van der Waals surface area (Å²) in [5, 5.41) is 17.4. The number of H-pyrrole nitrogens is 1. The van der Waals surface area contributed by atoms with Crippen LogP contribution >= 0.6 is 23.5 Å². The number of rotatable bonds is 20. The Morgan fingerprint density at radius 2 is 1.73 bits per heavy atom. The van der Waals surface area contributed by atoms with Crippen LogP contribution in [0, 0.1) is 0 Å². The Hall–Kier alpha value is -4.35. The maximum absolute atomic E-state index is 12.7. The lowest BCUT2D eigenvalue weighted by Crippen LogP contribution is -2.49. The molecule has 0 spiro atoms. The molecule has 304 valence electrons. The molecule has 0 bridgehead atoms. The number of nitrogens with zero attached hydrogens (tertiary/aromatic N) is 1. The molecule has 1 aliphatic heterocycles. The highest BCUT2D eigenvalue weighted by atomic mass is 31.3. The highest BCUT2D eigenvalue weighted by Gasteiger charge is 2.43. The van der Waals surface area contributed by atoms with Gasteiger partial charge in [0.05, 0.1) is 24.8 Å². The number of hydrogen-bond donors (Lipinski definition) is 10. The largest absolute Gasteiger partial charge is 0.490 e. The monoisotopic (exact) mass is 842 g/mol. The number of alkyl carbamates (subject to hydrolysis) is 1. The first kappa shape index (κ1) is 45.0. The third-order valence-corrected chi connectivity index (χ3v) is 10.8. The number of benzene rings is 1. The Labute approximate surface area is 309 Å². The quantitative estimate of drug-likeness (QED) is 0.0666. The SMILES string of the molecule is NC(=O)CC[C@H](NC(=O)OCc1ccccc1)C(=O)NCC(=O)NC/C=C/c1cn([C@H]2C[C@H](O)[C@@H](COP(=O)(O)OP(=O)(O)OP(=O)(O)O)O2)c(=O)[nH]c1=O. The van der Waals surface area contributed by atoms with E-state index in [9.17, 15) is 57.4 Å². The summed E-state index contributed by atoms with van der Waals surface area (Å²) < 4.78 is 57.3. The summed E-state index contributed by atoms with van der Waals surface area (Å²) >= 11 is 0. The van der Waals surface area contributed by atoms with Crippen molar-refractivity contribution in [3.05, 3.63) is 74.6 Å². The summed E-state index contributed by atoms with van der Waals surface area (Å²) in [7, 11) is -17.0. The van der Waals surface area contributed by atoms with Crippen molar-refractivity contribution in [1.82, 2.24) is 25.5 Å². The van der Waals surface area contributed by atoms with E-state index >= 15 is 0 Å². The molecule has 2 unspecified atom stereocenters. The molecule has 1 aliphatic rings. The summed E-state index contributed by atoms with van der Waals surface area (Å²) in [5.74, 6) is -2.25. The van der Waals surface area contributed by atoms with E-state index in [1.165, 1.54) is 12.2 Å². The predicted octanol–water partition coefficient (Wildman–Crippen LogP) is -1.67. The smallest absolute Gasteiger partial charge is 0.445 e. The molecule has 55 heavy (non-hydrogen) atoms. The Balaban J connectivity index is 1.52. The number of aromatic amines is 1. The van der Waals surface area contributed by atoms with Crippen LogP contribution in [0.5, 0.6) is 0 Å². The molecule has 3 rings (SSSR count). The minimum Gasteiger partial charge on any atom is -0.445 e. The first-order chi connectivity index (χ1) is 25.6. The van der Waals surface area contributed by atoms with Crippen molar-refractivity contribution < 1.29 is 80.2 Å². The third kappa shape index (κ3) is 16.1. The molecule has 0 radical (unpaired) electrons. The Kier molecular flexibility index (Phi) is 16.4. The van der Waals surface area contributed by atoms with Gasteiger partial charge >= 0.3 is 35.3 Å². The van der Waals surface area contributed by atoms with Crippen molar-refractivity contribution in [1.29, 1.82) is 0 Å². The number of aromatic nitrogens is 2. The average molecular weight is 843 g/mol. The lowest BCUT2D eigenvalue weighted by atomic mass is 10.1. The van der Waals surface area contributed by atoms with E-state index in [0.717, 1.165) is 10.8 Å². The van der Waals surface area contributed by atoms with Crippen molar-refractivity contribution in [2.75, 3.05) is 19.7 Å². The van der Waals surface area contributed by atoms with Crippen LogP contribution in [0.15, 0.2) is 52.2 Å². The minimum atomic E-state index is -5.80. The first-order valence-electron chi connectivity index (χ1n) is 15.6. The van der Waals surface area contributed by atoms with E-state index in [4.69, 9.17) is 25.0 Å². The molecule has 0 aliphatic carbocycles. The fraction of sp³-hybridized carbons (Fsp3) is 0.407. The van der Waals surface area contributed by atoms with E-state index in [1.54, 1.807) is 30.3 Å². The van der Waals surface area contributed by atoms with Crippen LogP contribution in [0.2, 0.25) is 0 Å². The van der Waals surface area contributed by atoms with E-state index in [2.05, 4.69) is 29.1 Å². The molecule has 2 aromatic rings. The first-order valence-corrected chi connectivity index (χ1v) is 20.1.